The minimum atomic E-state index is -4.50. The van der Waals surface area contributed by atoms with E-state index in [1.54, 1.807) is 0 Å². The van der Waals surface area contributed by atoms with Crippen LogP contribution in [0.3, 0.4) is 0 Å². The molecular formula is C13H11F4NS. The second-order valence-electron chi connectivity index (χ2n) is 4.18. The molecule has 1 aromatic heterocycles. The van der Waals surface area contributed by atoms with Crippen molar-refractivity contribution in [3.63, 3.8) is 0 Å². The Hall–Kier alpha value is -1.40. The molecule has 0 spiro atoms. The average molecular weight is 289 g/mol. The van der Waals surface area contributed by atoms with E-state index in [4.69, 9.17) is 5.73 Å². The van der Waals surface area contributed by atoms with Crippen molar-refractivity contribution >= 4 is 11.3 Å². The first-order chi connectivity index (χ1) is 8.88. The third-order valence-corrected chi connectivity index (χ3v) is 3.49. The summed E-state index contributed by atoms with van der Waals surface area (Å²) in [5.41, 5.74) is 5.69. The summed E-state index contributed by atoms with van der Waals surface area (Å²) in [4.78, 5) is 0. The highest BCUT2D eigenvalue weighted by molar-refractivity contribution is 7.07. The van der Waals surface area contributed by atoms with Gasteiger partial charge in [-0.1, -0.05) is 0 Å². The summed E-state index contributed by atoms with van der Waals surface area (Å²) < 4.78 is 51.3. The molecule has 1 atom stereocenters. The highest BCUT2D eigenvalue weighted by atomic mass is 32.1. The SMILES string of the molecule is NC(Cc1ccsc1)c1cc(C(F)(F)F)ccc1F. The smallest absolute Gasteiger partial charge is 0.324 e. The lowest BCUT2D eigenvalue weighted by atomic mass is 9.99. The molecule has 102 valence electrons. The van der Waals surface area contributed by atoms with Gasteiger partial charge in [-0.05, 0) is 47.0 Å². The van der Waals surface area contributed by atoms with Crippen LogP contribution in [0.25, 0.3) is 0 Å². The Morgan fingerprint density at radius 1 is 1.21 bits per heavy atom. The normalized spacial score (nSPS) is 13.5. The van der Waals surface area contributed by atoms with Gasteiger partial charge in [0.2, 0.25) is 0 Å². The van der Waals surface area contributed by atoms with Crippen LogP contribution < -0.4 is 5.73 Å². The van der Waals surface area contributed by atoms with Gasteiger partial charge in [0, 0.05) is 11.6 Å². The molecule has 0 fully saturated rings. The van der Waals surface area contributed by atoms with Crippen LogP contribution in [0.5, 0.6) is 0 Å². The first-order valence-corrected chi connectivity index (χ1v) is 6.45. The van der Waals surface area contributed by atoms with E-state index < -0.39 is 23.6 Å². The van der Waals surface area contributed by atoms with Gasteiger partial charge in [-0.25, -0.2) is 4.39 Å². The third kappa shape index (κ3) is 3.33. The van der Waals surface area contributed by atoms with Crippen molar-refractivity contribution in [1.82, 2.24) is 0 Å². The zero-order chi connectivity index (χ0) is 14.0. The molecule has 1 unspecified atom stereocenters. The van der Waals surface area contributed by atoms with Gasteiger partial charge in [0.15, 0.2) is 0 Å². The van der Waals surface area contributed by atoms with Gasteiger partial charge in [-0.2, -0.15) is 24.5 Å². The third-order valence-electron chi connectivity index (χ3n) is 2.76. The van der Waals surface area contributed by atoms with Crippen LogP contribution in [0.2, 0.25) is 0 Å². The summed E-state index contributed by atoms with van der Waals surface area (Å²) in [6, 6.07) is 3.33. The number of rotatable bonds is 3. The Balaban J connectivity index is 2.28. The molecule has 0 aliphatic rings. The number of alkyl halides is 3. The van der Waals surface area contributed by atoms with E-state index >= 15 is 0 Å². The second kappa shape index (κ2) is 5.30. The maximum Gasteiger partial charge on any atom is 0.416 e. The van der Waals surface area contributed by atoms with E-state index in [9.17, 15) is 17.6 Å². The maximum absolute atomic E-state index is 13.6. The van der Waals surface area contributed by atoms with Gasteiger partial charge in [-0.3, -0.25) is 0 Å². The Labute approximate surface area is 111 Å². The standard InChI is InChI=1S/C13H11F4NS/c14-11-2-1-9(13(15,16)17)6-10(11)12(18)5-8-3-4-19-7-8/h1-4,6-7,12H,5,18H2. The summed E-state index contributed by atoms with van der Waals surface area (Å²) in [5, 5.41) is 3.68. The van der Waals surface area contributed by atoms with Gasteiger partial charge >= 0.3 is 6.18 Å². The Kier molecular flexibility index (Phi) is 3.91. The van der Waals surface area contributed by atoms with Crippen LogP contribution in [-0.2, 0) is 12.6 Å². The molecule has 0 amide bonds. The number of hydrogen-bond acceptors (Lipinski definition) is 2. The van der Waals surface area contributed by atoms with E-state index in [1.807, 2.05) is 16.8 Å². The van der Waals surface area contributed by atoms with Gasteiger partial charge < -0.3 is 5.73 Å². The monoisotopic (exact) mass is 289 g/mol. The van der Waals surface area contributed by atoms with Gasteiger partial charge in [0.1, 0.15) is 5.82 Å². The van der Waals surface area contributed by atoms with Crippen molar-refractivity contribution in [2.24, 2.45) is 5.73 Å². The van der Waals surface area contributed by atoms with E-state index in [0.29, 0.717) is 6.42 Å². The fraction of sp³-hybridized carbons (Fsp3) is 0.231. The lowest BCUT2D eigenvalue weighted by Crippen LogP contribution is -2.16. The first-order valence-electron chi connectivity index (χ1n) is 5.51. The van der Waals surface area contributed by atoms with Crippen molar-refractivity contribution in [3.8, 4) is 0 Å². The number of halogens is 4. The highest BCUT2D eigenvalue weighted by Crippen LogP contribution is 2.32. The lowest BCUT2D eigenvalue weighted by Gasteiger charge is -2.15. The predicted molar refractivity (Wildman–Crippen MR) is 66.4 cm³/mol. The molecular weight excluding hydrogens is 278 g/mol. The van der Waals surface area contributed by atoms with Gasteiger partial charge in [0.05, 0.1) is 5.56 Å². The molecule has 19 heavy (non-hydrogen) atoms. The summed E-state index contributed by atoms with van der Waals surface area (Å²) in [6.45, 7) is 0. The number of nitrogens with two attached hydrogens (primary N) is 1. The molecule has 0 saturated carbocycles. The molecule has 2 N–H and O–H groups in total. The summed E-state index contributed by atoms with van der Waals surface area (Å²) >= 11 is 1.46. The van der Waals surface area contributed by atoms with Crippen molar-refractivity contribution in [2.45, 2.75) is 18.6 Å². The van der Waals surface area contributed by atoms with Crippen molar-refractivity contribution < 1.29 is 17.6 Å². The first kappa shape index (κ1) is 14.0. The topological polar surface area (TPSA) is 26.0 Å². The Morgan fingerprint density at radius 3 is 2.53 bits per heavy atom. The van der Waals surface area contributed by atoms with Crippen LogP contribution in [0, 0.1) is 5.82 Å². The molecule has 2 rings (SSSR count). The molecule has 0 saturated heterocycles. The summed E-state index contributed by atoms with van der Waals surface area (Å²) in [6.07, 6.45) is -4.19. The quantitative estimate of drug-likeness (QED) is 0.844. The predicted octanol–water partition coefficient (Wildman–Crippen LogP) is 4.15. The summed E-state index contributed by atoms with van der Waals surface area (Å²) in [7, 11) is 0. The van der Waals surface area contributed by atoms with E-state index in [1.165, 1.54) is 11.3 Å². The Bertz CT molecular complexity index is 548. The number of benzene rings is 1. The average Bonchev–Trinajstić information content (AvgIpc) is 2.80. The molecule has 2 aromatic rings. The number of thiophene rings is 1. The summed E-state index contributed by atoms with van der Waals surface area (Å²) in [5.74, 6) is -0.712. The minimum Gasteiger partial charge on any atom is -0.324 e. The number of hydrogen-bond donors (Lipinski definition) is 1. The van der Waals surface area contributed by atoms with Crippen LogP contribution >= 0.6 is 11.3 Å². The highest BCUT2D eigenvalue weighted by Gasteiger charge is 2.31. The van der Waals surface area contributed by atoms with Crippen LogP contribution in [-0.4, -0.2) is 0 Å². The molecule has 0 bridgehead atoms. The molecule has 0 aliphatic carbocycles. The molecule has 0 aliphatic heterocycles. The fourth-order valence-electron chi connectivity index (χ4n) is 1.78. The van der Waals surface area contributed by atoms with Crippen LogP contribution in [0.4, 0.5) is 17.6 Å². The van der Waals surface area contributed by atoms with Crippen molar-refractivity contribution in [1.29, 1.82) is 0 Å². The van der Waals surface area contributed by atoms with Crippen LogP contribution in [0.15, 0.2) is 35.0 Å². The molecule has 0 radical (unpaired) electrons. The minimum absolute atomic E-state index is 0.110. The molecule has 6 heteroatoms. The zero-order valence-corrected chi connectivity index (χ0v) is 10.6. The molecule has 1 heterocycles. The maximum atomic E-state index is 13.6. The van der Waals surface area contributed by atoms with Crippen molar-refractivity contribution in [2.75, 3.05) is 0 Å². The lowest BCUT2D eigenvalue weighted by molar-refractivity contribution is -0.137. The largest absolute Gasteiger partial charge is 0.416 e. The molecule has 1 nitrogen and oxygen atoms in total. The molecule has 1 aromatic carbocycles. The fourth-order valence-corrected chi connectivity index (χ4v) is 2.46. The van der Waals surface area contributed by atoms with Crippen molar-refractivity contribution in [3.05, 3.63) is 57.5 Å². The van der Waals surface area contributed by atoms with Gasteiger partial charge in [-0.15, -0.1) is 0 Å². The van der Waals surface area contributed by atoms with Crippen LogP contribution in [0.1, 0.15) is 22.7 Å². The second-order valence-corrected chi connectivity index (χ2v) is 4.96. The van der Waals surface area contributed by atoms with E-state index in [-0.39, 0.29) is 5.56 Å². The van der Waals surface area contributed by atoms with E-state index in [2.05, 4.69) is 0 Å². The Morgan fingerprint density at radius 2 is 1.95 bits per heavy atom. The zero-order valence-electron chi connectivity index (χ0n) is 9.75. The van der Waals surface area contributed by atoms with Gasteiger partial charge in [0.25, 0.3) is 0 Å². The van der Waals surface area contributed by atoms with E-state index in [0.717, 1.165) is 23.8 Å².